The maximum absolute atomic E-state index is 15.6. The quantitative estimate of drug-likeness (QED) is 0.139. The minimum Gasteiger partial charge on any atom is -0.481 e. The van der Waals surface area contributed by atoms with Crippen LogP contribution < -0.4 is 26.0 Å². The number of methoxy groups -OCH3 is 1. The van der Waals surface area contributed by atoms with E-state index in [0.717, 1.165) is 24.0 Å². The number of hydrogen-bond donors (Lipinski definition) is 4. The molecule has 2 aromatic heterocycles. The van der Waals surface area contributed by atoms with E-state index in [1.54, 1.807) is 29.3 Å². The van der Waals surface area contributed by atoms with E-state index in [-0.39, 0.29) is 47.8 Å². The van der Waals surface area contributed by atoms with Crippen LogP contribution in [0.3, 0.4) is 0 Å². The molecule has 4 N–H and O–H groups in total. The van der Waals surface area contributed by atoms with E-state index in [0.29, 0.717) is 89.3 Å². The molecule has 0 saturated carbocycles. The maximum Gasteiger partial charge on any atom is 0.254 e. The molecule has 0 aliphatic carbocycles. The van der Waals surface area contributed by atoms with Crippen molar-refractivity contribution < 1.29 is 23.5 Å². The fourth-order valence-corrected chi connectivity index (χ4v) is 7.65. The van der Waals surface area contributed by atoms with Gasteiger partial charge in [-0.25, -0.2) is 9.37 Å². The van der Waals surface area contributed by atoms with Crippen LogP contribution in [0.15, 0.2) is 54.7 Å². The molecule has 3 amide bonds. The molecular formula is C38H38Cl2FN7O4. The summed E-state index contributed by atoms with van der Waals surface area (Å²) in [5, 5.41) is 13.1. The Morgan fingerprint density at radius 2 is 1.62 bits per heavy atom. The Bertz CT molecular complexity index is 2050. The number of nitrogens with one attached hydrogen (secondary N) is 4. The van der Waals surface area contributed by atoms with E-state index in [4.69, 9.17) is 27.9 Å². The normalized spacial score (nSPS) is 18.2. The highest BCUT2D eigenvalue weighted by Gasteiger charge is 2.28. The number of halogens is 3. The lowest BCUT2D eigenvalue weighted by atomic mass is 9.98. The molecule has 3 aliphatic rings. The standard InChI is InChI=1S/C38H38Cl2FN7O4/c1-52-37-29(19-43-18-24-7-10-33(50)46-24)30(41)16-31(47-37)28-4-2-3-26(34(28)39)27-11-12-44-36(35(27)40)21-5-8-25-22(15-21)20-48(38(25)51)14-13-42-17-23-6-9-32(49)45-23/h2-5,8,11-12,15-16,23-24,42-43H,6-7,9-10,13-14,17-20H2,1H3,(H,45,49)(H,46,50)/t23-,24+/m1/s1. The Hall–Kier alpha value is -4.62. The Morgan fingerprint density at radius 3 is 2.33 bits per heavy atom. The van der Waals surface area contributed by atoms with Crippen molar-refractivity contribution in [3.63, 3.8) is 0 Å². The van der Waals surface area contributed by atoms with Crippen LogP contribution in [0.2, 0.25) is 10.0 Å². The molecule has 0 radical (unpaired) electrons. The van der Waals surface area contributed by atoms with Crippen LogP contribution >= 0.6 is 23.2 Å². The number of rotatable bonds is 13. The highest BCUT2D eigenvalue weighted by molar-refractivity contribution is 6.39. The summed E-state index contributed by atoms with van der Waals surface area (Å²) in [4.78, 5) is 47.1. The molecule has 0 bridgehead atoms. The third-order valence-electron chi connectivity index (χ3n) is 9.75. The van der Waals surface area contributed by atoms with Crippen molar-refractivity contribution in [2.75, 3.05) is 33.3 Å². The van der Waals surface area contributed by atoms with Crippen molar-refractivity contribution >= 4 is 40.9 Å². The van der Waals surface area contributed by atoms with Crippen LogP contribution in [0.5, 0.6) is 5.88 Å². The second kappa shape index (κ2) is 15.5. The first-order chi connectivity index (χ1) is 25.2. The average Bonchev–Trinajstić information content (AvgIpc) is 3.84. The number of amides is 3. The number of pyridine rings is 2. The first-order valence-electron chi connectivity index (χ1n) is 17.3. The highest BCUT2D eigenvalue weighted by Crippen LogP contribution is 2.42. The van der Waals surface area contributed by atoms with Gasteiger partial charge in [-0.2, -0.15) is 0 Å². The monoisotopic (exact) mass is 745 g/mol. The number of benzene rings is 2. The molecule has 270 valence electrons. The van der Waals surface area contributed by atoms with Gasteiger partial charge in [0, 0.05) is 104 Å². The van der Waals surface area contributed by atoms with E-state index in [1.165, 1.54) is 13.2 Å². The molecule has 2 saturated heterocycles. The smallest absolute Gasteiger partial charge is 0.254 e. The predicted octanol–water partition coefficient (Wildman–Crippen LogP) is 5.12. The lowest BCUT2D eigenvalue weighted by Gasteiger charge is -2.17. The van der Waals surface area contributed by atoms with Gasteiger partial charge in [0.25, 0.3) is 5.91 Å². The van der Waals surface area contributed by atoms with Gasteiger partial charge in [-0.1, -0.05) is 47.5 Å². The van der Waals surface area contributed by atoms with Crippen LogP contribution in [-0.4, -0.2) is 78.0 Å². The first-order valence-corrected chi connectivity index (χ1v) is 18.1. The molecule has 0 spiro atoms. The third-order valence-corrected chi connectivity index (χ3v) is 10.5. The zero-order chi connectivity index (χ0) is 36.4. The van der Waals surface area contributed by atoms with Crippen LogP contribution in [0, 0.1) is 5.82 Å². The number of carbonyl (C=O) groups is 3. The molecule has 3 aliphatic heterocycles. The molecule has 5 heterocycles. The SMILES string of the molecule is COc1nc(-c2cccc(-c3ccnc(-c4ccc5c(c4)CN(CCNC[C@H]4CCC(=O)N4)C5=O)c3Cl)c2Cl)cc(F)c1CNC[C@@H]1CCC(=O)N1. The molecule has 7 rings (SSSR count). The van der Waals surface area contributed by atoms with Gasteiger partial charge in [-0.3, -0.25) is 19.4 Å². The Morgan fingerprint density at radius 1 is 0.904 bits per heavy atom. The van der Waals surface area contributed by atoms with Gasteiger partial charge < -0.3 is 30.9 Å². The number of hydrogen-bond acceptors (Lipinski definition) is 8. The summed E-state index contributed by atoms with van der Waals surface area (Å²) in [6.45, 7) is 2.98. The van der Waals surface area contributed by atoms with Gasteiger partial charge in [0.15, 0.2) is 0 Å². The van der Waals surface area contributed by atoms with Crippen molar-refractivity contribution in [3.8, 4) is 39.5 Å². The molecule has 11 nitrogen and oxygen atoms in total. The zero-order valence-corrected chi connectivity index (χ0v) is 30.0. The third kappa shape index (κ3) is 7.47. The summed E-state index contributed by atoms with van der Waals surface area (Å²) >= 11 is 14.1. The first kappa shape index (κ1) is 35.8. The van der Waals surface area contributed by atoms with Crippen molar-refractivity contribution in [2.45, 2.75) is 50.9 Å². The van der Waals surface area contributed by atoms with Gasteiger partial charge in [0.2, 0.25) is 17.7 Å². The lowest BCUT2D eigenvalue weighted by molar-refractivity contribution is -0.120. The Balaban J connectivity index is 1.07. The molecular weight excluding hydrogens is 708 g/mol. The summed E-state index contributed by atoms with van der Waals surface area (Å²) in [5.41, 5.74) is 5.15. The Kier molecular flexibility index (Phi) is 10.7. The lowest BCUT2D eigenvalue weighted by Crippen LogP contribution is -2.39. The van der Waals surface area contributed by atoms with Crippen molar-refractivity contribution in [1.29, 1.82) is 0 Å². The highest BCUT2D eigenvalue weighted by atomic mass is 35.5. The summed E-state index contributed by atoms with van der Waals surface area (Å²) in [7, 11) is 1.44. The molecule has 52 heavy (non-hydrogen) atoms. The number of carbonyl (C=O) groups excluding carboxylic acids is 3. The molecule has 2 aromatic carbocycles. The molecule has 0 unspecified atom stereocenters. The van der Waals surface area contributed by atoms with Gasteiger partial charge in [-0.05, 0) is 36.6 Å². The number of fused-ring (bicyclic) bond motifs is 1. The number of nitrogens with zero attached hydrogens (tertiary/aromatic N) is 3. The van der Waals surface area contributed by atoms with Gasteiger partial charge in [0.1, 0.15) is 5.82 Å². The van der Waals surface area contributed by atoms with Crippen molar-refractivity contribution in [2.24, 2.45) is 0 Å². The van der Waals surface area contributed by atoms with Gasteiger partial charge >= 0.3 is 0 Å². The number of ether oxygens (including phenoxy) is 1. The van der Waals surface area contributed by atoms with E-state index in [1.807, 2.05) is 24.3 Å². The Labute approximate surface area is 310 Å². The minimum atomic E-state index is -0.500. The summed E-state index contributed by atoms with van der Waals surface area (Å²) in [5.74, 6) is -0.294. The average molecular weight is 747 g/mol. The van der Waals surface area contributed by atoms with Crippen molar-refractivity contribution in [1.82, 2.24) is 36.1 Å². The van der Waals surface area contributed by atoms with Crippen LogP contribution in [0.1, 0.15) is 47.2 Å². The molecule has 2 fully saturated rings. The largest absolute Gasteiger partial charge is 0.481 e. The van der Waals surface area contributed by atoms with E-state index in [2.05, 4.69) is 31.2 Å². The molecule has 2 atom stereocenters. The fraction of sp³-hybridized carbons (Fsp3) is 0.342. The van der Waals surface area contributed by atoms with Crippen molar-refractivity contribution in [3.05, 3.63) is 87.3 Å². The minimum absolute atomic E-state index is 0.00552. The van der Waals surface area contributed by atoms with Gasteiger partial charge in [-0.15, -0.1) is 0 Å². The van der Waals surface area contributed by atoms with E-state index < -0.39 is 5.82 Å². The van der Waals surface area contributed by atoms with Gasteiger partial charge in [0.05, 0.1) is 34.1 Å². The van der Waals surface area contributed by atoms with E-state index >= 15 is 4.39 Å². The van der Waals surface area contributed by atoms with Crippen LogP contribution in [0.4, 0.5) is 4.39 Å². The topological polar surface area (TPSA) is 138 Å². The summed E-state index contributed by atoms with van der Waals surface area (Å²) in [6.07, 6.45) is 4.26. The van der Waals surface area contributed by atoms with Crippen LogP contribution in [-0.2, 0) is 22.7 Å². The number of aromatic nitrogens is 2. The zero-order valence-electron chi connectivity index (χ0n) is 28.5. The molecule has 14 heteroatoms. The summed E-state index contributed by atoms with van der Waals surface area (Å²) < 4.78 is 21.0. The summed E-state index contributed by atoms with van der Waals surface area (Å²) in [6, 6.07) is 14.2. The van der Waals surface area contributed by atoms with E-state index in [9.17, 15) is 14.4 Å². The molecule has 4 aromatic rings. The predicted molar refractivity (Wildman–Crippen MR) is 197 cm³/mol. The second-order valence-corrected chi connectivity index (χ2v) is 14.0. The second-order valence-electron chi connectivity index (χ2n) is 13.2. The maximum atomic E-state index is 15.6. The fourth-order valence-electron chi connectivity index (χ4n) is 7.01. The van der Waals surface area contributed by atoms with Crippen LogP contribution in [0.25, 0.3) is 33.6 Å².